The van der Waals surface area contributed by atoms with Gasteiger partial charge in [0.25, 0.3) is 5.91 Å². The number of thiazole rings is 1. The van der Waals surface area contributed by atoms with E-state index in [0.29, 0.717) is 21.9 Å². The second-order valence-electron chi connectivity index (χ2n) is 6.04. The Bertz CT molecular complexity index is 1060. The number of fused-ring (bicyclic) bond motifs is 2. The predicted molar refractivity (Wildman–Crippen MR) is 97.4 cm³/mol. The van der Waals surface area contributed by atoms with E-state index in [1.54, 1.807) is 29.5 Å². The highest BCUT2D eigenvalue weighted by Gasteiger charge is 2.16. The van der Waals surface area contributed by atoms with Crippen molar-refractivity contribution in [1.29, 1.82) is 0 Å². The van der Waals surface area contributed by atoms with Gasteiger partial charge >= 0.3 is 0 Å². The number of amides is 1. The number of benzene rings is 2. The molecule has 0 saturated carbocycles. The molecular formula is C19H18N2O3S. The van der Waals surface area contributed by atoms with E-state index < -0.39 is 0 Å². The van der Waals surface area contributed by atoms with E-state index in [2.05, 4.69) is 42.5 Å². The minimum absolute atomic E-state index is 0.189. The fourth-order valence-corrected chi connectivity index (χ4v) is 4.23. The second-order valence-corrected chi connectivity index (χ2v) is 7.02. The first-order valence-electron chi connectivity index (χ1n) is 8.16. The number of rotatable bonds is 2. The summed E-state index contributed by atoms with van der Waals surface area (Å²) in [6, 6.07) is 9.46. The minimum atomic E-state index is -0.276. The molecule has 2 aromatic carbocycles. The lowest BCUT2D eigenvalue weighted by molar-refractivity contribution is 0.0997. The summed E-state index contributed by atoms with van der Waals surface area (Å²) < 4.78 is 13.9. The molecule has 1 aliphatic rings. The summed E-state index contributed by atoms with van der Waals surface area (Å²) in [6.45, 7) is 7.19. The Kier molecular flexibility index (Phi) is 3.84. The second kappa shape index (κ2) is 6.04. The van der Waals surface area contributed by atoms with Crippen LogP contribution in [0.3, 0.4) is 0 Å². The van der Waals surface area contributed by atoms with Crippen LogP contribution in [-0.2, 0) is 6.54 Å². The SMILES string of the molecule is CCn1c(=NC(=O)c2ccc3c(c2)OCO3)sc2c(C)cc(C)cc21. The third-order valence-corrected chi connectivity index (χ3v) is 5.48. The summed E-state index contributed by atoms with van der Waals surface area (Å²) in [6.07, 6.45) is 0. The van der Waals surface area contributed by atoms with E-state index in [0.717, 1.165) is 12.1 Å². The molecule has 0 unspecified atom stereocenters. The summed E-state index contributed by atoms with van der Waals surface area (Å²) in [4.78, 5) is 17.7. The normalized spacial score (nSPS) is 13.6. The zero-order valence-electron chi connectivity index (χ0n) is 14.3. The van der Waals surface area contributed by atoms with Gasteiger partial charge in [0.05, 0.1) is 10.2 Å². The lowest BCUT2D eigenvalue weighted by Crippen LogP contribution is -2.15. The van der Waals surface area contributed by atoms with E-state index in [9.17, 15) is 4.79 Å². The number of aromatic nitrogens is 1. The lowest BCUT2D eigenvalue weighted by atomic mass is 10.1. The molecular weight excluding hydrogens is 336 g/mol. The van der Waals surface area contributed by atoms with Crippen LogP contribution in [0.25, 0.3) is 10.2 Å². The van der Waals surface area contributed by atoms with E-state index >= 15 is 0 Å². The Morgan fingerprint density at radius 2 is 2.00 bits per heavy atom. The lowest BCUT2D eigenvalue weighted by Gasteiger charge is -2.03. The van der Waals surface area contributed by atoms with Crippen LogP contribution in [0.1, 0.15) is 28.4 Å². The van der Waals surface area contributed by atoms with Gasteiger partial charge < -0.3 is 14.0 Å². The summed E-state index contributed by atoms with van der Waals surface area (Å²) in [7, 11) is 0. The number of ether oxygens (including phenoxy) is 2. The largest absolute Gasteiger partial charge is 0.454 e. The molecule has 0 N–H and O–H groups in total. The van der Waals surface area contributed by atoms with E-state index in [1.807, 2.05) is 0 Å². The fourth-order valence-electron chi connectivity index (χ4n) is 3.08. The number of hydrogen-bond donors (Lipinski definition) is 0. The summed E-state index contributed by atoms with van der Waals surface area (Å²) in [5.74, 6) is 0.974. The number of carbonyl (C=O) groups excluding carboxylic acids is 1. The van der Waals surface area contributed by atoms with Gasteiger partial charge in [-0.3, -0.25) is 4.79 Å². The monoisotopic (exact) mass is 354 g/mol. The van der Waals surface area contributed by atoms with Gasteiger partial charge in [0.15, 0.2) is 16.3 Å². The van der Waals surface area contributed by atoms with Crippen LogP contribution in [0.2, 0.25) is 0 Å². The van der Waals surface area contributed by atoms with Crippen molar-refractivity contribution >= 4 is 27.5 Å². The van der Waals surface area contributed by atoms with Crippen LogP contribution in [0.4, 0.5) is 0 Å². The van der Waals surface area contributed by atoms with Crippen molar-refractivity contribution < 1.29 is 14.3 Å². The molecule has 0 fully saturated rings. The summed E-state index contributed by atoms with van der Waals surface area (Å²) in [5.41, 5.74) is 4.04. The molecule has 128 valence electrons. The zero-order chi connectivity index (χ0) is 17.6. The van der Waals surface area contributed by atoms with E-state index in [1.165, 1.54) is 15.8 Å². The molecule has 4 rings (SSSR count). The molecule has 25 heavy (non-hydrogen) atoms. The first-order chi connectivity index (χ1) is 12.1. The van der Waals surface area contributed by atoms with Gasteiger partial charge in [0.2, 0.25) is 6.79 Å². The third-order valence-electron chi connectivity index (χ3n) is 4.25. The summed E-state index contributed by atoms with van der Waals surface area (Å²) in [5, 5.41) is 0. The smallest absolute Gasteiger partial charge is 0.279 e. The topological polar surface area (TPSA) is 52.8 Å². The molecule has 0 bridgehead atoms. The van der Waals surface area contributed by atoms with Crippen LogP contribution in [0.15, 0.2) is 35.3 Å². The average Bonchev–Trinajstić information content (AvgIpc) is 3.18. The highest BCUT2D eigenvalue weighted by Crippen LogP contribution is 2.32. The maximum absolute atomic E-state index is 12.6. The van der Waals surface area contributed by atoms with Crippen molar-refractivity contribution in [1.82, 2.24) is 4.57 Å². The number of carbonyl (C=O) groups is 1. The zero-order valence-corrected chi connectivity index (χ0v) is 15.1. The van der Waals surface area contributed by atoms with Gasteiger partial charge in [-0.15, -0.1) is 0 Å². The molecule has 0 atom stereocenters. The van der Waals surface area contributed by atoms with Gasteiger partial charge in [-0.1, -0.05) is 17.4 Å². The van der Waals surface area contributed by atoms with Gasteiger partial charge in [-0.05, 0) is 56.2 Å². The van der Waals surface area contributed by atoms with Crippen LogP contribution < -0.4 is 14.3 Å². The average molecular weight is 354 g/mol. The quantitative estimate of drug-likeness (QED) is 0.703. The molecule has 1 aliphatic heterocycles. The minimum Gasteiger partial charge on any atom is -0.454 e. The third kappa shape index (κ3) is 2.72. The maximum atomic E-state index is 12.6. The molecule has 0 saturated heterocycles. The standard InChI is InChI=1S/C19H18N2O3S/c1-4-21-14-8-11(2)7-12(3)17(14)25-19(21)20-18(22)13-5-6-15-16(9-13)24-10-23-15/h5-9H,4,10H2,1-3H3. The molecule has 5 nitrogen and oxygen atoms in total. The highest BCUT2D eigenvalue weighted by atomic mass is 32.1. The molecule has 0 aliphatic carbocycles. The van der Waals surface area contributed by atoms with Crippen LogP contribution in [-0.4, -0.2) is 17.3 Å². The van der Waals surface area contributed by atoms with Crippen molar-refractivity contribution in [3.63, 3.8) is 0 Å². The van der Waals surface area contributed by atoms with Crippen molar-refractivity contribution in [2.75, 3.05) is 6.79 Å². The van der Waals surface area contributed by atoms with E-state index in [4.69, 9.17) is 9.47 Å². The summed E-state index contributed by atoms with van der Waals surface area (Å²) >= 11 is 1.55. The Labute approximate surface area is 149 Å². The number of hydrogen-bond acceptors (Lipinski definition) is 4. The molecule has 2 heterocycles. The molecule has 0 spiro atoms. The Morgan fingerprint density at radius 1 is 1.20 bits per heavy atom. The number of aryl methyl sites for hydroxylation is 3. The van der Waals surface area contributed by atoms with Crippen molar-refractivity contribution in [3.05, 3.63) is 51.8 Å². The maximum Gasteiger partial charge on any atom is 0.279 e. The van der Waals surface area contributed by atoms with Crippen LogP contribution in [0, 0.1) is 13.8 Å². The van der Waals surface area contributed by atoms with Crippen molar-refractivity contribution in [3.8, 4) is 11.5 Å². The van der Waals surface area contributed by atoms with Gasteiger partial charge in [0.1, 0.15) is 0 Å². The first kappa shape index (κ1) is 15.9. The molecule has 0 radical (unpaired) electrons. The van der Waals surface area contributed by atoms with Crippen molar-refractivity contribution in [2.45, 2.75) is 27.3 Å². The van der Waals surface area contributed by atoms with E-state index in [-0.39, 0.29) is 12.7 Å². The molecule has 3 aromatic rings. The molecule has 6 heteroatoms. The molecule has 1 aromatic heterocycles. The Hall–Kier alpha value is -2.60. The Balaban J connectivity index is 1.83. The van der Waals surface area contributed by atoms with Crippen LogP contribution >= 0.6 is 11.3 Å². The Morgan fingerprint density at radius 3 is 2.80 bits per heavy atom. The molecule has 1 amide bonds. The fraction of sp³-hybridized carbons (Fsp3) is 0.263. The van der Waals surface area contributed by atoms with Gasteiger partial charge in [-0.2, -0.15) is 4.99 Å². The highest BCUT2D eigenvalue weighted by molar-refractivity contribution is 7.16. The van der Waals surface area contributed by atoms with Gasteiger partial charge in [0, 0.05) is 12.1 Å². The predicted octanol–water partition coefficient (Wildman–Crippen LogP) is 3.81. The van der Waals surface area contributed by atoms with Crippen LogP contribution in [0.5, 0.6) is 11.5 Å². The van der Waals surface area contributed by atoms with Crippen molar-refractivity contribution in [2.24, 2.45) is 4.99 Å². The number of nitrogens with zero attached hydrogens (tertiary/aromatic N) is 2. The first-order valence-corrected chi connectivity index (χ1v) is 8.97. The van der Waals surface area contributed by atoms with Gasteiger partial charge in [-0.25, -0.2) is 0 Å².